The number of rotatable bonds is 5. The van der Waals surface area contributed by atoms with E-state index < -0.39 is 0 Å². The minimum atomic E-state index is -0.328. The first-order valence-corrected chi connectivity index (χ1v) is 9.36. The van der Waals surface area contributed by atoms with Gasteiger partial charge in [0, 0.05) is 36.6 Å². The maximum atomic E-state index is 12.5. The van der Waals surface area contributed by atoms with Crippen LogP contribution in [0.15, 0.2) is 28.7 Å². The SMILES string of the molecule is Cc1c(C(=O)NCc2ccc(C(=O)NC3CC3)cc2)oc2c1C(=O)CCC2. The Kier molecular flexibility index (Phi) is 4.56. The first-order valence-electron chi connectivity index (χ1n) is 9.36. The van der Waals surface area contributed by atoms with Crippen LogP contribution in [0.3, 0.4) is 0 Å². The lowest BCUT2D eigenvalue weighted by atomic mass is 9.94. The maximum absolute atomic E-state index is 12.5. The number of furan rings is 1. The van der Waals surface area contributed by atoms with E-state index in [1.54, 1.807) is 19.1 Å². The number of benzene rings is 1. The van der Waals surface area contributed by atoms with Gasteiger partial charge in [0.05, 0.1) is 5.56 Å². The molecule has 2 aliphatic carbocycles. The van der Waals surface area contributed by atoms with Crippen LogP contribution in [0.4, 0.5) is 0 Å². The van der Waals surface area contributed by atoms with Crippen molar-refractivity contribution in [2.24, 2.45) is 0 Å². The molecule has 0 spiro atoms. The molecule has 2 aliphatic rings. The fraction of sp³-hybridized carbons (Fsp3) is 0.381. The number of Topliss-reactive ketones (excluding diaryl/α,β-unsaturated/α-hetero) is 1. The average molecular weight is 366 g/mol. The molecule has 1 fully saturated rings. The summed E-state index contributed by atoms with van der Waals surface area (Å²) < 4.78 is 5.67. The second-order valence-corrected chi connectivity index (χ2v) is 7.26. The predicted octanol–water partition coefficient (Wildman–Crippen LogP) is 2.93. The van der Waals surface area contributed by atoms with Crippen LogP contribution in [0.25, 0.3) is 0 Å². The molecule has 140 valence electrons. The highest BCUT2D eigenvalue weighted by molar-refractivity contribution is 6.03. The number of hydrogen-bond acceptors (Lipinski definition) is 4. The van der Waals surface area contributed by atoms with E-state index >= 15 is 0 Å². The predicted molar refractivity (Wildman–Crippen MR) is 98.8 cm³/mol. The molecular formula is C21H22N2O4. The van der Waals surface area contributed by atoms with Crippen LogP contribution < -0.4 is 10.6 Å². The Hall–Kier alpha value is -2.89. The van der Waals surface area contributed by atoms with E-state index in [9.17, 15) is 14.4 Å². The van der Waals surface area contributed by atoms with E-state index in [1.165, 1.54) is 0 Å². The van der Waals surface area contributed by atoms with Crippen molar-refractivity contribution < 1.29 is 18.8 Å². The van der Waals surface area contributed by atoms with Crippen molar-refractivity contribution in [3.63, 3.8) is 0 Å². The van der Waals surface area contributed by atoms with Gasteiger partial charge in [0.1, 0.15) is 5.76 Å². The van der Waals surface area contributed by atoms with Crippen LogP contribution in [-0.4, -0.2) is 23.6 Å². The minimum Gasteiger partial charge on any atom is -0.455 e. The van der Waals surface area contributed by atoms with E-state index in [0.717, 1.165) is 24.8 Å². The molecule has 1 aromatic heterocycles. The third kappa shape index (κ3) is 3.65. The lowest BCUT2D eigenvalue weighted by molar-refractivity contribution is 0.0915. The Morgan fingerprint density at radius 3 is 2.52 bits per heavy atom. The average Bonchev–Trinajstić information content (AvgIpc) is 3.41. The number of amides is 2. The summed E-state index contributed by atoms with van der Waals surface area (Å²) in [6, 6.07) is 7.49. The van der Waals surface area contributed by atoms with Crippen molar-refractivity contribution in [3.8, 4) is 0 Å². The quantitative estimate of drug-likeness (QED) is 0.852. The number of nitrogens with one attached hydrogen (secondary N) is 2. The summed E-state index contributed by atoms with van der Waals surface area (Å²) in [7, 11) is 0. The van der Waals surface area contributed by atoms with Crippen LogP contribution in [-0.2, 0) is 13.0 Å². The van der Waals surface area contributed by atoms with Crippen LogP contribution >= 0.6 is 0 Å². The lowest BCUT2D eigenvalue weighted by Gasteiger charge is -2.07. The summed E-state index contributed by atoms with van der Waals surface area (Å²) in [6.07, 6.45) is 4.07. The van der Waals surface area contributed by atoms with Gasteiger partial charge in [-0.2, -0.15) is 0 Å². The van der Waals surface area contributed by atoms with Gasteiger partial charge in [-0.3, -0.25) is 14.4 Å². The molecule has 4 rings (SSSR count). The van der Waals surface area contributed by atoms with E-state index in [1.807, 2.05) is 12.1 Å². The summed E-state index contributed by atoms with van der Waals surface area (Å²) in [5.74, 6) is 0.506. The molecule has 2 amide bonds. The first kappa shape index (κ1) is 17.5. The Morgan fingerprint density at radius 1 is 1.11 bits per heavy atom. The van der Waals surface area contributed by atoms with Gasteiger partial charge in [-0.15, -0.1) is 0 Å². The van der Waals surface area contributed by atoms with Crippen molar-refractivity contribution >= 4 is 17.6 Å². The van der Waals surface area contributed by atoms with Gasteiger partial charge in [-0.1, -0.05) is 12.1 Å². The largest absolute Gasteiger partial charge is 0.455 e. The zero-order valence-corrected chi connectivity index (χ0v) is 15.3. The van der Waals surface area contributed by atoms with Crippen LogP contribution in [0.2, 0.25) is 0 Å². The van der Waals surface area contributed by atoms with Gasteiger partial charge in [-0.25, -0.2) is 0 Å². The third-order valence-corrected chi connectivity index (χ3v) is 5.09. The Morgan fingerprint density at radius 2 is 1.85 bits per heavy atom. The van der Waals surface area contributed by atoms with Gasteiger partial charge < -0.3 is 15.1 Å². The topological polar surface area (TPSA) is 88.4 Å². The smallest absolute Gasteiger partial charge is 0.287 e. The Balaban J connectivity index is 1.39. The summed E-state index contributed by atoms with van der Waals surface area (Å²) in [5.41, 5.74) is 2.71. The molecule has 0 aliphatic heterocycles. The zero-order chi connectivity index (χ0) is 19.0. The standard InChI is InChI=1S/C21H22N2O4/c1-12-18-16(24)3-2-4-17(18)27-19(12)21(26)22-11-13-5-7-14(8-6-13)20(25)23-15-9-10-15/h5-8,15H,2-4,9-11H2,1H3,(H,22,26)(H,23,25). The number of carbonyl (C=O) groups excluding carboxylic acids is 3. The molecule has 0 unspecified atom stereocenters. The molecule has 27 heavy (non-hydrogen) atoms. The molecule has 0 radical (unpaired) electrons. The molecule has 0 saturated heterocycles. The molecule has 6 nitrogen and oxygen atoms in total. The van der Waals surface area contributed by atoms with Crippen LogP contribution in [0, 0.1) is 6.92 Å². The monoisotopic (exact) mass is 366 g/mol. The number of ketones is 1. The second kappa shape index (κ2) is 7.02. The summed E-state index contributed by atoms with van der Waals surface area (Å²) >= 11 is 0. The molecule has 1 saturated carbocycles. The lowest BCUT2D eigenvalue weighted by Crippen LogP contribution is -2.25. The van der Waals surface area contributed by atoms with Crippen molar-refractivity contribution in [2.45, 2.75) is 51.6 Å². The minimum absolute atomic E-state index is 0.0524. The van der Waals surface area contributed by atoms with Gasteiger partial charge in [0.15, 0.2) is 11.5 Å². The number of fused-ring (bicyclic) bond motifs is 1. The molecule has 0 atom stereocenters. The van der Waals surface area contributed by atoms with Crippen molar-refractivity contribution in [2.75, 3.05) is 0 Å². The Bertz CT molecular complexity index is 907. The van der Waals surface area contributed by atoms with E-state index in [0.29, 0.717) is 47.9 Å². The van der Waals surface area contributed by atoms with E-state index in [2.05, 4.69) is 10.6 Å². The maximum Gasteiger partial charge on any atom is 0.287 e. The summed E-state index contributed by atoms with van der Waals surface area (Å²) in [6.45, 7) is 2.08. The fourth-order valence-corrected chi connectivity index (χ4v) is 3.40. The van der Waals surface area contributed by atoms with Gasteiger partial charge in [0.25, 0.3) is 11.8 Å². The second-order valence-electron chi connectivity index (χ2n) is 7.26. The molecule has 0 bridgehead atoms. The van der Waals surface area contributed by atoms with E-state index in [4.69, 9.17) is 4.42 Å². The molecule has 1 aromatic carbocycles. The fourth-order valence-electron chi connectivity index (χ4n) is 3.40. The molecule has 2 N–H and O–H groups in total. The molecule has 6 heteroatoms. The highest BCUT2D eigenvalue weighted by atomic mass is 16.4. The highest BCUT2D eigenvalue weighted by Gasteiger charge is 2.28. The number of carbonyl (C=O) groups is 3. The van der Waals surface area contributed by atoms with Crippen molar-refractivity contribution in [3.05, 3.63) is 58.0 Å². The Labute approximate surface area is 157 Å². The zero-order valence-electron chi connectivity index (χ0n) is 15.3. The van der Waals surface area contributed by atoms with Crippen LogP contribution in [0.5, 0.6) is 0 Å². The summed E-state index contributed by atoms with van der Waals surface area (Å²) in [4.78, 5) is 36.5. The van der Waals surface area contributed by atoms with Crippen molar-refractivity contribution in [1.82, 2.24) is 10.6 Å². The number of hydrogen-bond donors (Lipinski definition) is 2. The first-order chi connectivity index (χ1) is 13.0. The van der Waals surface area contributed by atoms with Crippen LogP contribution in [0.1, 0.15) is 73.8 Å². The highest BCUT2D eigenvalue weighted by Crippen LogP contribution is 2.29. The third-order valence-electron chi connectivity index (χ3n) is 5.09. The normalized spacial score (nSPS) is 16.0. The molecular weight excluding hydrogens is 344 g/mol. The summed E-state index contributed by atoms with van der Waals surface area (Å²) in [5, 5.41) is 5.77. The van der Waals surface area contributed by atoms with Crippen molar-refractivity contribution in [1.29, 1.82) is 0 Å². The van der Waals surface area contributed by atoms with Gasteiger partial charge >= 0.3 is 0 Å². The van der Waals surface area contributed by atoms with Gasteiger partial charge in [-0.05, 0) is 43.9 Å². The van der Waals surface area contributed by atoms with E-state index in [-0.39, 0.29) is 23.4 Å². The molecule has 2 aromatic rings. The number of aryl methyl sites for hydroxylation is 1. The van der Waals surface area contributed by atoms with Gasteiger partial charge in [0.2, 0.25) is 0 Å². The molecule has 1 heterocycles.